The molecule has 9 N–H and O–H groups in total. The lowest BCUT2D eigenvalue weighted by Crippen LogP contribution is -2.66. The van der Waals surface area contributed by atoms with E-state index in [1.54, 1.807) is 6.92 Å². The minimum Gasteiger partial charge on any atom is -0.396 e. The Kier molecular flexibility index (Phi) is 11.0. The third-order valence-corrected chi connectivity index (χ3v) is 11.4. The summed E-state index contributed by atoms with van der Waals surface area (Å²) in [7, 11) is 0. The van der Waals surface area contributed by atoms with Crippen LogP contribution in [0.25, 0.3) is 0 Å². The van der Waals surface area contributed by atoms with Gasteiger partial charge < -0.3 is 64.9 Å². The van der Waals surface area contributed by atoms with Crippen molar-refractivity contribution in [2.24, 2.45) is 22.7 Å². The molecule has 4 aliphatic rings. The van der Waals surface area contributed by atoms with E-state index in [-0.39, 0.29) is 25.0 Å². The molecule has 0 radical (unpaired) electrons. The Morgan fingerprint density at radius 1 is 0.909 bits per heavy atom. The van der Waals surface area contributed by atoms with Gasteiger partial charge >= 0.3 is 0 Å². The fraction of sp³-hybridized carbons (Fsp3) is 0.935. The van der Waals surface area contributed by atoms with Crippen LogP contribution in [0, 0.1) is 22.7 Å². The van der Waals surface area contributed by atoms with E-state index in [4.69, 9.17) is 18.9 Å². The summed E-state index contributed by atoms with van der Waals surface area (Å²) in [4.78, 5) is 0. The SMILES string of the molecule is C=C[C@@](C)(O)CC[C@@H]1[C@@]2(C)CC[C@H](O[C@@H]3O[C@H](CO)[C@@H](O)[C@H](O)[C@H]3O)[C@@](C)(CO)[C@@H]2CC[C@@]1(C)O[C@H]1OC[C@@H](O)[C@@H](O)[C@@H]1O. The zero-order valence-electron chi connectivity index (χ0n) is 26.2. The molecule has 2 saturated heterocycles. The average Bonchev–Trinajstić information content (AvgIpc) is 2.98. The minimum absolute atomic E-state index is 0.149. The Bertz CT molecular complexity index is 980. The van der Waals surface area contributed by atoms with E-state index in [9.17, 15) is 46.0 Å². The summed E-state index contributed by atoms with van der Waals surface area (Å²) in [6, 6.07) is 0. The first kappa shape index (κ1) is 36.1. The van der Waals surface area contributed by atoms with Gasteiger partial charge in [-0.3, -0.25) is 0 Å². The molecule has 0 aromatic heterocycles. The van der Waals surface area contributed by atoms with Crippen molar-refractivity contribution in [3.63, 3.8) is 0 Å². The number of aliphatic hydroxyl groups is 9. The first-order valence-corrected chi connectivity index (χ1v) is 15.7. The van der Waals surface area contributed by atoms with Crippen molar-refractivity contribution in [1.29, 1.82) is 0 Å². The van der Waals surface area contributed by atoms with Crippen LogP contribution in [-0.4, -0.2) is 138 Å². The smallest absolute Gasteiger partial charge is 0.186 e. The van der Waals surface area contributed by atoms with Crippen LogP contribution in [0.15, 0.2) is 12.7 Å². The van der Waals surface area contributed by atoms with E-state index in [0.29, 0.717) is 38.5 Å². The van der Waals surface area contributed by atoms with Crippen LogP contribution in [-0.2, 0) is 18.9 Å². The number of aliphatic hydroxyl groups excluding tert-OH is 8. The van der Waals surface area contributed by atoms with Gasteiger partial charge in [0.05, 0.1) is 37.1 Å². The number of hydrogen-bond acceptors (Lipinski definition) is 13. The number of ether oxygens (including phenoxy) is 4. The lowest BCUT2D eigenvalue weighted by Gasteiger charge is -2.65. The largest absolute Gasteiger partial charge is 0.396 e. The lowest BCUT2D eigenvalue weighted by molar-refractivity contribution is -0.343. The lowest BCUT2D eigenvalue weighted by atomic mass is 9.44. The van der Waals surface area contributed by atoms with Crippen molar-refractivity contribution < 1.29 is 64.9 Å². The van der Waals surface area contributed by atoms with Gasteiger partial charge in [0, 0.05) is 5.41 Å². The molecule has 0 aromatic rings. The van der Waals surface area contributed by atoms with Gasteiger partial charge in [0.25, 0.3) is 0 Å². The van der Waals surface area contributed by atoms with Crippen LogP contribution >= 0.6 is 0 Å². The molecule has 16 atom stereocenters. The van der Waals surface area contributed by atoms with Crippen LogP contribution in [0.2, 0.25) is 0 Å². The second kappa shape index (κ2) is 13.4. The highest BCUT2D eigenvalue weighted by Crippen LogP contribution is 2.64. The summed E-state index contributed by atoms with van der Waals surface area (Å²) in [6.07, 6.45) is -8.69. The summed E-state index contributed by atoms with van der Waals surface area (Å²) in [5.74, 6) is -0.386. The molecule has 0 bridgehead atoms. The highest BCUT2D eigenvalue weighted by molar-refractivity contribution is 5.12. The number of fused-ring (bicyclic) bond motifs is 1. The molecule has 4 rings (SSSR count). The molecular weight excluding hydrogens is 580 g/mol. The van der Waals surface area contributed by atoms with Crippen molar-refractivity contribution in [3.05, 3.63) is 12.7 Å². The van der Waals surface area contributed by atoms with Gasteiger partial charge in [0.15, 0.2) is 12.6 Å². The molecule has 0 unspecified atom stereocenters. The highest BCUT2D eigenvalue weighted by Gasteiger charge is 2.64. The molecule has 13 heteroatoms. The van der Waals surface area contributed by atoms with Crippen LogP contribution < -0.4 is 0 Å². The first-order valence-electron chi connectivity index (χ1n) is 15.7. The molecule has 0 spiro atoms. The van der Waals surface area contributed by atoms with Crippen molar-refractivity contribution >= 4 is 0 Å². The Morgan fingerprint density at radius 3 is 2.18 bits per heavy atom. The van der Waals surface area contributed by atoms with Crippen molar-refractivity contribution in [2.75, 3.05) is 19.8 Å². The summed E-state index contributed by atoms with van der Waals surface area (Å²) >= 11 is 0. The molecule has 0 amide bonds. The van der Waals surface area contributed by atoms with E-state index in [1.165, 1.54) is 6.08 Å². The van der Waals surface area contributed by atoms with Gasteiger partial charge in [-0.1, -0.05) is 19.9 Å². The number of rotatable bonds is 10. The van der Waals surface area contributed by atoms with Gasteiger partial charge in [-0.05, 0) is 69.6 Å². The fourth-order valence-corrected chi connectivity index (χ4v) is 8.54. The van der Waals surface area contributed by atoms with Gasteiger partial charge in [-0.25, -0.2) is 0 Å². The number of hydrogen-bond donors (Lipinski definition) is 9. The van der Waals surface area contributed by atoms with Gasteiger partial charge in [0.1, 0.15) is 42.7 Å². The van der Waals surface area contributed by atoms with Crippen LogP contribution in [0.5, 0.6) is 0 Å². The molecular formula is C31H54O13. The molecule has 256 valence electrons. The van der Waals surface area contributed by atoms with Crippen LogP contribution in [0.4, 0.5) is 0 Å². The van der Waals surface area contributed by atoms with Crippen LogP contribution in [0.3, 0.4) is 0 Å². The van der Waals surface area contributed by atoms with Crippen molar-refractivity contribution in [3.8, 4) is 0 Å². The second-order valence-corrected chi connectivity index (χ2v) is 14.5. The zero-order valence-corrected chi connectivity index (χ0v) is 26.2. The quantitative estimate of drug-likeness (QED) is 0.103. The van der Waals surface area contributed by atoms with Gasteiger partial charge in [-0.15, -0.1) is 6.58 Å². The molecule has 0 aromatic carbocycles. The zero-order chi connectivity index (χ0) is 32.8. The highest BCUT2D eigenvalue weighted by atomic mass is 16.7. The predicted molar refractivity (Wildman–Crippen MR) is 155 cm³/mol. The first-order chi connectivity index (χ1) is 20.5. The molecule has 44 heavy (non-hydrogen) atoms. The predicted octanol–water partition coefficient (Wildman–Crippen LogP) is -1.07. The van der Waals surface area contributed by atoms with E-state index < -0.39 is 90.1 Å². The Balaban J connectivity index is 1.63. The van der Waals surface area contributed by atoms with Gasteiger partial charge in [-0.2, -0.15) is 0 Å². The topological polar surface area (TPSA) is 219 Å². The monoisotopic (exact) mass is 634 g/mol. The molecule has 4 fully saturated rings. The van der Waals surface area contributed by atoms with E-state index in [1.807, 2.05) is 13.8 Å². The third-order valence-electron chi connectivity index (χ3n) is 11.4. The molecule has 2 aliphatic heterocycles. The van der Waals surface area contributed by atoms with Crippen LogP contribution in [0.1, 0.15) is 66.2 Å². The van der Waals surface area contributed by atoms with E-state index in [0.717, 1.165) is 0 Å². The Morgan fingerprint density at radius 2 is 1.57 bits per heavy atom. The Hall–Kier alpha value is -0.780. The summed E-state index contributed by atoms with van der Waals surface area (Å²) in [6.45, 7) is 10.4. The van der Waals surface area contributed by atoms with E-state index in [2.05, 4.69) is 13.5 Å². The summed E-state index contributed by atoms with van der Waals surface area (Å²) in [5, 5.41) is 93.6. The van der Waals surface area contributed by atoms with Crippen molar-refractivity contribution in [1.82, 2.24) is 0 Å². The summed E-state index contributed by atoms with van der Waals surface area (Å²) in [5.41, 5.74) is -3.39. The molecule has 2 heterocycles. The normalized spacial score (nSPS) is 51.3. The fourth-order valence-electron chi connectivity index (χ4n) is 8.54. The van der Waals surface area contributed by atoms with Gasteiger partial charge in [0.2, 0.25) is 0 Å². The maximum absolute atomic E-state index is 10.9. The minimum atomic E-state index is -1.59. The Labute approximate surface area is 259 Å². The maximum Gasteiger partial charge on any atom is 0.186 e. The molecule has 2 aliphatic carbocycles. The molecule has 13 nitrogen and oxygen atoms in total. The second-order valence-electron chi connectivity index (χ2n) is 14.5. The maximum atomic E-state index is 10.9. The van der Waals surface area contributed by atoms with Crippen molar-refractivity contribution in [2.45, 2.75) is 139 Å². The standard InChI is InChI=1S/C31H54O13/c1-6-28(2,40)10-7-19-29(3)11-9-20(43-27-25(39)23(37)22(36)17(13-32)42-27)30(4,15-33)18(29)8-12-31(19,5)44-26-24(38)21(35)16(34)14-41-26/h6,16-27,32-40H,1,7-15H2,2-5H3/t16-,17-,18-,19-,20+,21-,22-,23+,24+,25-,26-,27+,28-,29+,30+,31-/m1/s1. The average molecular weight is 635 g/mol. The molecule has 2 saturated carbocycles. The third kappa shape index (κ3) is 6.51. The summed E-state index contributed by atoms with van der Waals surface area (Å²) < 4.78 is 24.1. The van der Waals surface area contributed by atoms with E-state index >= 15 is 0 Å².